The molecular weight excluding hydrogens is 483 g/mol. The van der Waals surface area contributed by atoms with Gasteiger partial charge in [0.15, 0.2) is 0 Å². The molecule has 0 bridgehead atoms. The number of carbonyl (C=O) groups is 1. The molecule has 0 aromatic heterocycles. The first-order valence-electron chi connectivity index (χ1n) is 11.3. The van der Waals surface area contributed by atoms with Gasteiger partial charge in [0.25, 0.3) is 10.0 Å². The van der Waals surface area contributed by atoms with Gasteiger partial charge in [0.2, 0.25) is 5.91 Å². The summed E-state index contributed by atoms with van der Waals surface area (Å²) in [6.45, 7) is 0.148. The third kappa shape index (κ3) is 6.14. The van der Waals surface area contributed by atoms with Gasteiger partial charge in [0.05, 0.1) is 17.8 Å². The maximum absolute atomic E-state index is 12.8. The van der Waals surface area contributed by atoms with Gasteiger partial charge in [-0.2, -0.15) is 21.6 Å². The first kappa shape index (κ1) is 25.0. The molecule has 2 aromatic carbocycles. The molecular formula is C24H26F3N3O4S. The summed E-state index contributed by atoms with van der Waals surface area (Å²) in [6, 6.07) is 11.1. The maximum atomic E-state index is 12.8. The fourth-order valence-electron chi connectivity index (χ4n) is 4.66. The number of nitrogens with zero attached hydrogens (tertiary/aromatic N) is 1. The minimum Gasteiger partial charge on any atom is -0.492 e. The number of hydrogen-bond donors (Lipinski definition) is 2. The number of amides is 1. The number of fused-ring (bicyclic) bond motifs is 1. The van der Waals surface area contributed by atoms with Gasteiger partial charge in [0.1, 0.15) is 23.1 Å². The van der Waals surface area contributed by atoms with Crippen LogP contribution in [0.3, 0.4) is 0 Å². The summed E-state index contributed by atoms with van der Waals surface area (Å²) < 4.78 is 72.9. The molecule has 1 aliphatic heterocycles. The summed E-state index contributed by atoms with van der Waals surface area (Å²) in [5.41, 5.74) is -0.743. The van der Waals surface area contributed by atoms with E-state index in [0.717, 1.165) is 37.8 Å². The average Bonchev–Trinajstić information content (AvgIpc) is 3.23. The van der Waals surface area contributed by atoms with Crippen LogP contribution in [0.25, 0.3) is 0 Å². The zero-order valence-electron chi connectivity index (χ0n) is 18.9. The standard InChI is InChI=1S/C24H26F3N3O4S/c25-24(26,27)17-6-5-7-18(14-17)34-13-12-28-22(31)16-23(10-3-4-11-23)15-21-29-19-8-1-2-9-20(19)35(32,33)30-21/h1-2,5-9,14H,3-4,10-13,15-16H2,(H,28,31)(H,29,30). The molecule has 4 rings (SSSR count). The Hall–Kier alpha value is -3.08. The van der Waals surface area contributed by atoms with Crippen molar-refractivity contribution in [3.8, 4) is 5.75 Å². The zero-order valence-corrected chi connectivity index (χ0v) is 19.7. The van der Waals surface area contributed by atoms with Crippen LogP contribution in [0.1, 0.15) is 44.1 Å². The fraction of sp³-hybridized carbons (Fsp3) is 0.417. The molecule has 0 saturated heterocycles. The van der Waals surface area contributed by atoms with Gasteiger partial charge in [-0.1, -0.05) is 31.0 Å². The van der Waals surface area contributed by atoms with Crippen LogP contribution in [0.4, 0.5) is 18.9 Å². The first-order valence-corrected chi connectivity index (χ1v) is 12.8. The number of carbonyl (C=O) groups excluding carboxylic acids is 1. The van der Waals surface area contributed by atoms with E-state index in [9.17, 15) is 26.4 Å². The molecule has 2 N–H and O–H groups in total. The number of benzene rings is 2. The van der Waals surface area contributed by atoms with Gasteiger partial charge in [-0.3, -0.25) is 4.79 Å². The van der Waals surface area contributed by atoms with Gasteiger partial charge in [0, 0.05) is 12.8 Å². The SMILES string of the molecule is O=C(CC1(CC2=NS(=O)(=O)c3ccccc3N2)CCCC1)NCCOc1cccc(C(F)(F)F)c1. The van der Waals surface area contributed by atoms with E-state index in [4.69, 9.17) is 4.74 Å². The number of sulfonamides is 1. The Kier molecular flexibility index (Phi) is 7.07. The highest BCUT2D eigenvalue weighted by atomic mass is 32.2. The monoisotopic (exact) mass is 509 g/mol. The summed E-state index contributed by atoms with van der Waals surface area (Å²) in [5.74, 6) is 0.176. The Morgan fingerprint density at radius 1 is 1.11 bits per heavy atom. The van der Waals surface area contributed by atoms with Crippen LogP contribution in [0, 0.1) is 5.41 Å². The van der Waals surface area contributed by atoms with Crippen LogP contribution in [-0.4, -0.2) is 33.3 Å². The number of rotatable bonds is 8. The number of alkyl halides is 3. The van der Waals surface area contributed by atoms with Crippen LogP contribution in [0.15, 0.2) is 57.8 Å². The minimum absolute atomic E-state index is 0.0172. The Labute approximate surface area is 201 Å². The Bertz CT molecular complexity index is 1220. The highest BCUT2D eigenvalue weighted by Gasteiger charge is 2.39. The van der Waals surface area contributed by atoms with E-state index < -0.39 is 27.2 Å². The maximum Gasteiger partial charge on any atom is 0.416 e. The molecule has 7 nitrogen and oxygen atoms in total. The average molecular weight is 510 g/mol. The van der Waals surface area contributed by atoms with Crippen LogP contribution < -0.4 is 15.4 Å². The second kappa shape index (κ2) is 9.88. The number of halogens is 3. The number of anilines is 1. The Morgan fingerprint density at radius 2 is 1.86 bits per heavy atom. The summed E-state index contributed by atoms with van der Waals surface area (Å²) in [5, 5.41) is 5.86. The van der Waals surface area contributed by atoms with Crippen LogP contribution >= 0.6 is 0 Å². The number of hydrogen-bond acceptors (Lipinski definition) is 5. The van der Waals surface area contributed by atoms with Crippen LogP contribution in [0.2, 0.25) is 0 Å². The third-order valence-corrected chi connectivity index (χ3v) is 7.64. The fourth-order valence-corrected chi connectivity index (χ4v) is 5.81. The number of para-hydroxylation sites is 1. The zero-order chi connectivity index (χ0) is 25.1. The van der Waals surface area contributed by atoms with Gasteiger partial charge in [-0.05, 0) is 48.6 Å². The lowest BCUT2D eigenvalue weighted by molar-refractivity contribution is -0.137. The van der Waals surface area contributed by atoms with E-state index in [1.165, 1.54) is 18.2 Å². The predicted octanol–water partition coefficient (Wildman–Crippen LogP) is 4.75. The van der Waals surface area contributed by atoms with Crippen LogP contribution in [0.5, 0.6) is 5.75 Å². The summed E-state index contributed by atoms with van der Waals surface area (Å²) in [7, 11) is -3.81. The van der Waals surface area contributed by atoms with Crippen molar-refractivity contribution >= 4 is 27.5 Å². The highest BCUT2D eigenvalue weighted by molar-refractivity contribution is 7.90. The second-order valence-corrected chi connectivity index (χ2v) is 10.5. The molecule has 0 unspecified atom stereocenters. The summed E-state index contributed by atoms with van der Waals surface area (Å²) in [6.07, 6.45) is -0.534. The first-order chi connectivity index (χ1) is 16.6. The van der Waals surface area contributed by atoms with Crippen molar-refractivity contribution in [1.82, 2.24) is 5.32 Å². The molecule has 35 heavy (non-hydrogen) atoms. The third-order valence-electron chi connectivity index (χ3n) is 6.27. The topological polar surface area (TPSA) is 96.9 Å². The normalized spacial score (nSPS) is 18.2. The highest BCUT2D eigenvalue weighted by Crippen LogP contribution is 2.45. The summed E-state index contributed by atoms with van der Waals surface area (Å²) >= 11 is 0. The number of nitrogens with one attached hydrogen (secondary N) is 2. The van der Waals surface area contributed by atoms with Crippen LogP contribution in [-0.2, 0) is 21.0 Å². The number of amidine groups is 1. The van der Waals surface area contributed by atoms with Crippen molar-refractivity contribution in [2.45, 2.75) is 49.6 Å². The van der Waals surface area contributed by atoms with E-state index in [0.29, 0.717) is 17.9 Å². The summed E-state index contributed by atoms with van der Waals surface area (Å²) in [4.78, 5) is 12.8. The largest absolute Gasteiger partial charge is 0.492 e. The molecule has 188 valence electrons. The minimum atomic E-state index is -4.46. The number of ether oxygens (including phenoxy) is 1. The van der Waals surface area contributed by atoms with Gasteiger partial charge >= 0.3 is 6.18 Å². The Morgan fingerprint density at radius 3 is 2.60 bits per heavy atom. The van der Waals surface area contributed by atoms with E-state index >= 15 is 0 Å². The van der Waals surface area contributed by atoms with E-state index in [-0.39, 0.29) is 36.1 Å². The van der Waals surface area contributed by atoms with Crippen molar-refractivity contribution in [3.05, 3.63) is 54.1 Å². The molecule has 1 amide bonds. The molecule has 11 heteroatoms. The molecule has 0 radical (unpaired) electrons. The lowest BCUT2D eigenvalue weighted by Crippen LogP contribution is -2.35. The quantitative estimate of drug-likeness (QED) is 0.501. The lowest BCUT2D eigenvalue weighted by atomic mass is 9.78. The van der Waals surface area contributed by atoms with Gasteiger partial charge < -0.3 is 15.4 Å². The second-order valence-electron chi connectivity index (χ2n) is 8.92. The van der Waals surface area contributed by atoms with Crippen molar-refractivity contribution in [3.63, 3.8) is 0 Å². The molecule has 1 fully saturated rings. The van der Waals surface area contributed by atoms with Crippen molar-refractivity contribution in [2.24, 2.45) is 9.81 Å². The molecule has 0 atom stereocenters. The molecule has 2 aliphatic rings. The molecule has 1 heterocycles. The van der Waals surface area contributed by atoms with Gasteiger partial charge in [-0.25, -0.2) is 0 Å². The molecule has 1 saturated carbocycles. The lowest BCUT2D eigenvalue weighted by Gasteiger charge is -2.30. The van der Waals surface area contributed by atoms with Crippen molar-refractivity contribution in [1.29, 1.82) is 0 Å². The molecule has 0 spiro atoms. The molecule has 1 aliphatic carbocycles. The van der Waals surface area contributed by atoms with E-state index in [1.807, 2.05) is 0 Å². The van der Waals surface area contributed by atoms with Gasteiger partial charge in [-0.15, -0.1) is 4.40 Å². The Balaban J connectivity index is 1.33. The van der Waals surface area contributed by atoms with Crippen molar-refractivity contribution < 1.29 is 31.1 Å². The molecule has 2 aromatic rings. The predicted molar refractivity (Wildman–Crippen MR) is 125 cm³/mol. The van der Waals surface area contributed by atoms with E-state index in [2.05, 4.69) is 15.0 Å². The van der Waals surface area contributed by atoms with Crippen molar-refractivity contribution in [2.75, 3.05) is 18.5 Å². The van der Waals surface area contributed by atoms with E-state index in [1.54, 1.807) is 18.2 Å². The smallest absolute Gasteiger partial charge is 0.416 e.